The second kappa shape index (κ2) is 5.92. The Labute approximate surface area is 133 Å². The molecule has 116 valence electrons. The highest BCUT2D eigenvalue weighted by atomic mass is 16.5. The van der Waals surface area contributed by atoms with E-state index in [1.165, 1.54) is 0 Å². The third-order valence-corrected chi connectivity index (χ3v) is 3.42. The van der Waals surface area contributed by atoms with Crippen molar-refractivity contribution in [1.82, 2.24) is 14.8 Å². The largest absolute Gasteiger partial charge is 0.497 e. The number of nitrogen functional groups attached to an aromatic ring is 1. The Kier molecular flexibility index (Phi) is 3.80. The summed E-state index contributed by atoms with van der Waals surface area (Å²) >= 11 is 0. The van der Waals surface area contributed by atoms with Gasteiger partial charge < -0.3 is 10.5 Å². The number of rotatable bonds is 3. The van der Waals surface area contributed by atoms with Crippen molar-refractivity contribution in [2.75, 3.05) is 12.8 Å². The molecule has 0 saturated carbocycles. The number of carbonyl (C=O) groups excluding carboxylic acids is 1. The minimum absolute atomic E-state index is 0.0503. The van der Waals surface area contributed by atoms with Gasteiger partial charge in [-0.15, -0.1) is 5.10 Å². The maximum atomic E-state index is 12.6. The van der Waals surface area contributed by atoms with E-state index in [9.17, 15) is 4.79 Å². The number of ether oxygens (including phenoxy) is 1. The summed E-state index contributed by atoms with van der Waals surface area (Å²) in [6.45, 7) is 1.98. The molecule has 2 aromatic carbocycles. The second-order valence-corrected chi connectivity index (χ2v) is 5.11. The Morgan fingerprint density at radius 2 is 1.96 bits per heavy atom. The van der Waals surface area contributed by atoms with Gasteiger partial charge in [-0.25, -0.2) is 0 Å². The van der Waals surface area contributed by atoms with Crippen LogP contribution in [-0.2, 0) is 0 Å². The number of methoxy groups -OCH3 is 1. The highest BCUT2D eigenvalue weighted by molar-refractivity contribution is 5.97. The average Bonchev–Trinajstić information content (AvgIpc) is 2.96. The first kappa shape index (κ1) is 14.8. The van der Waals surface area contributed by atoms with E-state index < -0.39 is 0 Å². The fraction of sp³-hybridized carbons (Fsp3) is 0.118. The number of hydrogen-bond donors (Lipinski definition) is 1. The van der Waals surface area contributed by atoms with Crippen LogP contribution in [0.2, 0.25) is 0 Å². The molecule has 3 aromatic rings. The van der Waals surface area contributed by atoms with Crippen molar-refractivity contribution in [2.45, 2.75) is 6.92 Å². The second-order valence-electron chi connectivity index (χ2n) is 5.11. The molecular weight excluding hydrogens is 292 g/mol. The molecule has 0 aliphatic heterocycles. The van der Waals surface area contributed by atoms with Gasteiger partial charge in [0.25, 0.3) is 5.91 Å². The molecule has 0 saturated heterocycles. The molecule has 2 N–H and O–H groups in total. The van der Waals surface area contributed by atoms with Gasteiger partial charge in [0.05, 0.1) is 7.11 Å². The van der Waals surface area contributed by atoms with E-state index in [1.54, 1.807) is 31.4 Å². The third kappa shape index (κ3) is 2.91. The van der Waals surface area contributed by atoms with E-state index in [0.717, 1.165) is 15.8 Å². The first-order valence-corrected chi connectivity index (χ1v) is 7.07. The zero-order chi connectivity index (χ0) is 16.4. The van der Waals surface area contributed by atoms with Crippen LogP contribution in [0.1, 0.15) is 15.9 Å². The summed E-state index contributed by atoms with van der Waals surface area (Å²) in [7, 11) is 1.54. The molecule has 0 bridgehead atoms. The number of aromatic nitrogens is 3. The van der Waals surface area contributed by atoms with E-state index in [4.69, 9.17) is 10.5 Å². The fourth-order valence-corrected chi connectivity index (χ4v) is 2.26. The van der Waals surface area contributed by atoms with Crippen LogP contribution >= 0.6 is 0 Å². The number of aryl methyl sites for hydroxylation is 1. The molecule has 0 aliphatic carbocycles. The zero-order valence-electron chi connectivity index (χ0n) is 12.9. The molecule has 3 rings (SSSR count). The number of hydrogen-bond acceptors (Lipinski definition) is 5. The summed E-state index contributed by atoms with van der Waals surface area (Å²) in [5, 5.41) is 4.24. The number of carbonyl (C=O) groups is 1. The number of anilines is 1. The molecule has 0 radical (unpaired) electrons. The van der Waals surface area contributed by atoms with E-state index >= 15 is 0 Å². The van der Waals surface area contributed by atoms with Crippen LogP contribution in [0.3, 0.4) is 0 Å². The predicted molar refractivity (Wildman–Crippen MR) is 87.3 cm³/mol. The lowest BCUT2D eigenvalue weighted by molar-refractivity contribution is 0.0947. The van der Waals surface area contributed by atoms with Crippen LogP contribution in [0.5, 0.6) is 5.75 Å². The molecule has 1 aromatic heterocycles. The van der Waals surface area contributed by atoms with Crippen LogP contribution in [0, 0.1) is 6.92 Å². The van der Waals surface area contributed by atoms with Crippen molar-refractivity contribution in [3.05, 3.63) is 59.7 Å². The molecule has 0 spiro atoms. The smallest absolute Gasteiger partial charge is 0.281 e. The van der Waals surface area contributed by atoms with Crippen LogP contribution in [0.4, 0.5) is 5.95 Å². The molecule has 0 fully saturated rings. The quantitative estimate of drug-likeness (QED) is 0.804. The first-order valence-electron chi connectivity index (χ1n) is 7.07. The van der Waals surface area contributed by atoms with Gasteiger partial charge in [-0.1, -0.05) is 29.8 Å². The molecule has 6 heteroatoms. The topological polar surface area (TPSA) is 83.0 Å². The van der Waals surface area contributed by atoms with Crippen LogP contribution in [-0.4, -0.2) is 27.8 Å². The molecule has 0 unspecified atom stereocenters. The Bertz CT molecular complexity index is 871. The summed E-state index contributed by atoms with van der Waals surface area (Å²) in [4.78, 5) is 16.8. The summed E-state index contributed by atoms with van der Waals surface area (Å²) in [5.74, 6) is 0.706. The Morgan fingerprint density at radius 1 is 1.17 bits per heavy atom. The number of nitrogens with zero attached hydrogens (tertiary/aromatic N) is 3. The SMILES string of the molecule is COc1cccc(C(=O)n2nc(-c3cccc(C)c3)nc2N)c1. The van der Waals surface area contributed by atoms with Crippen molar-refractivity contribution < 1.29 is 9.53 Å². The summed E-state index contributed by atoms with van der Waals surface area (Å²) in [5.41, 5.74) is 8.18. The molecule has 0 aliphatic rings. The van der Waals surface area contributed by atoms with Gasteiger partial charge in [0, 0.05) is 11.1 Å². The monoisotopic (exact) mass is 308 g/mol. The fourth-order valence-electron chi connectivity index (χ4n) is 2.26. The first-order chi connectivity index (χ1) is 11.1. The molecule has 0 atom stereocenters. The molecule has 1 heterocycles. The van der Waals surface area contributed by atoms with E-state index in [-0.39, 0.29) is 11.9 Å². The standard InChI is InChI=1S/C17H16N4O2/c1-11-5-3-6-12(9-11)15-19-17(18)21(20-15)16(22)13-7-4-8-14(10-13)23-2/h3-10H,1-2H3,(H2,18,19,20). The molecule has 23 heavy (non-hydrogen) atoms. The minimum Gasteiger partial charge on any atom is -0.497 e. The van der Waals surface area contributed by atoms with E-state index in [2.05, 4.69) is 10.1 Å². The van der Waals surface area contributed by atoms with Crippen molar-refractivity contribution >= 4 is 11.9 Å². The lowest BCUT2D eigenvalue weighted by Gasteiger charge is -2.04. The molecule has 6 nitrogen and oxygen atoms in total. The van der Waals surface area contributed by atoms with Gasteiger partial charge in [0.15, 0.2) is 5.82 Å². The summed E-state index contributed by atoms with van der Waals surface area (Å²) < 4.78 is 6.23. The minimum atomic E-state index is -0.354. The highest BCUT2D eigenvalue weighted by Crippen LogP contribution is 2.19. The van der Waals surface area contributed by atoms with Crippen LogP contribution < -0.4 is 10.5 Å². The average molecular weight is 308 g/mol. The third-order valence-electron chi connectivity index (χ3n) is 3.42. The van der Waals surface area contributed by atoms with Crippen molar-refractivity contribution in [3.8, 4) is 17.1 Å². The Balaban J connectivity index is 1.99. The van der Waals surface area contributed by atoms with Gasteiger partial charge in [-0.2, -0.15) is 9.67 Å². The van der Waals surface area contributed by atoms with Crippen LogP contribution in [0.15, 0.2) is 48.5 Å². The Morgan fingerprint density at radius 3 is 2.70 bits per heavy atom. The molecular formula is C17H16N4O2. The maximum absolute atomic E-state index is 12.6. The van der Waals surface area contributed by atoms with Gasteiger partial charge >= 0.3 is 0 Å². The predicted octanol–water partition coefficient (Wildman–Crippen LogP) is 2.53. The normalized spacial score (nSPS) is 10.5. The lowest BCUT2D eigenvalue weighted by Crippen LogP contribution is -2.16. The summed E-state index contributed by atoms with van der Waals surface area (Å²) in [6.07, 6.45) is 0. The van der Waals surface area contributed by atoms with Crippen LogP contribution in [0.25, 0.3) is 11.4 Å². The molecule has 0 amide bonds. The highest BCUT2D eigenvalue weighted by Gasteiger charge is 2.17. The van der Waals surface area contributed by atoms with Gasteiger partial charge in [-0.05, 0) is 31.2 Å². The Hall–Kier alpha value is -3.15. The summed E-state index contributed by atoms with van der Waals surface area (Å²) in [6, 6.07) is 14.5. The van der Waals surface area contributed by atoms with Gasteiger partial charge in [0.2, 0.25) is 5.95 Å². The number of nitrogens with two attached hydrogens (primary N) is 1. The van der Waals surface area contributed by atoms with Gasteiger partial charge in [0.1, 0.15) is 5.75 Å². The van der Waals surface area contributed by atoms with E-state index in [0.29, 0.717) is 17.1 Å². The van der Waals surface area contributed by atoms with Crippen molar-refractivity contribution in [3.63, 3.8) is 0 Å². The van der Waals surface area contributed by atoms with E-state index in [1.807, 2.05) is 31.2 Å². The maximum Gasteiger partial charge on any atom is 0.281 e. The lowest BCUT2D eigenvalue weighted by atomic mass is 10.1. The van der Waals surface area contributed by atoms with Crippen molar-refractivity contribution in [2.24, 2.45) is 0 Å². The van der Waals surface area contributed by atoms with Gasteiger partial charge in [-0.3, -0.25) is 4.79 Å². The number of benzene rings is 2. The van der Waals surface area contributed by atoms with Crippen molar-refractivity contribution in [1.29, 1.82) is 0 Å². The zero-order valence-corrected chi connectivity index (χ0v) is 12.9.